The summed E-state index contributed by atoms with van der Waals surface area (Å²) in [6, 6.07) is 3.30. The van der Waals surface area contributed by atoms with Gasteiger partial charge < -0.3 is 9.80 Å². The molecule has 218 valence electrons. The minimum atomic E-state index is -3.92. The van der Waals surface area contributed by atoms with Gasteiger partial charge in [-0.1, -0.05) is 23.2 Å². The predicted molar refractivity (Wildman–Crippen MR) is 157 cm³/mol. The number of halogens is 3. The maximum atomic E-state index is 13.2. The maximum Gasteiger partial charge on any atom is 0.242 e. The Hall–Kier alpha value is -1.59. The monoisotopic (exact) mass is 713 g/mol. The zero-order chi connectivity index (χ0) is 29.1. The van der Waals surface area contributed by atoms with Crippen LogP contribution >= 0.6 is 50.5 Å². The van der Waals surface area contributed by atoms with E-state index in [1.165, 1.54) is 28.4 Å². The third-order valence-electron chi connectivity index (χ3n) is 6.46. The van der Waals surface area contributed by atoms with Gasteiger partial charge >= 0.3 is 0 Å². The van der Waals surface area contributed by atoms with E-state index in [0.29, 0.717) is 52.5 Å². The molecule has 17 heteroatoms. The van der Waals surface area contributed by atoms with Gasteiger partial charge in [0.2, 0.25) is 31.9 Å². The van der Waals surface area contributed by atoms with Crippen molar-refractivity contribution in [1.82, 2.24) is 24.2 Å². The van der Waals surface area contributed by atoms with Gasteiger partial charge in [0.05, 0.1) is 15.4 Å². The number of hydrogen-bond acceptors (Lipinski definition) is 8. The van der Waals surface area contributed by atoms with Crippen molar-refractivity contribution >= 4 is 88.4 Å². The molecule has 2 aliphatic heterocycles. The van der Waals surface area contributed by atoms with Crippen molar-refractivity contribution in [2.75, 3.05) is 26.2 Å². The number of hydrogen-bond donors (Lipinski definition) is 2. The highest BCUT2D eigenvalue weighted by molar-refractivity contribution is 9.10. The number of carbonyl (C=O) groups excluding carboxylic acids is 2. The van der Waals surface area contributed by atoms with Crippen LogP contribution in [0.25, 0.3) is 6.08 Å². The van der Waals surface area contributed by atoms with Crippen LogP contribution in [0.1, 0.15) is 30.6 Å². The Morgan fingerprint density at radius 2 is 1.93 bits per heavy atom. The van der Waals surface area contributed by atoms with E-state index in [2.05, 4.69) is 30.4 Å². The summed E-state index contributed by atoms with van der Waals surface area (Å²) >= 11 is 16.1. The molecule has 2 fully saturated rings. The second-order valence-corrected chi connectivity index (χ2v) is 15.6. The predicted octanol–water partition coefficient (Wildman–Crippen LogP) is 3.06. The number of pyridine rings is 1. The normalized spacial score (nSPS) is 20.5. The van der Waals surface area contributed by atoms with Crippen molar-refractivity contribution in [3.8, 4) is 0 Å². The molecular formula is C23H26BrCl2N5O6S3. The molecule has 0 spiro atoms. The molecule has 2 N–H and O–H groups in total. The van der Waals surface area contributed by atoms with Gasteiger partial charge in [0.25, 0.3) is 0 Å². The first-order valence-corrected chi connectivity index (χ1v) is 17.6. The summed E-state index contributed by atoms with van der Waals surface area (Å²) < 4.78 is 56.4. The third-order valence-corrected chi connectivity index (χ3v) is 11.3. The molecule has 2 aromatic heterocycles. The van der Waals surface area contributed by atoms with E-state index in [9.17, 15) is 26.4 Å². The molecule has 4 rings (SSSR count). The molecule has 0 aliphatic carbocycles. The number of carbonyl (C=O) groups is 2. The van der Waals surface area contributed by atoms with Gasteiger partial charge in [0.15, 0.2) is 0 Å². The summed E-state index contributed by atoms with van der Waals surface area (Å²) in [5.74, 6) is -0.808. The van der Waals surface area contributed by atoms with Crippen LogP contribution in [0.2, 0.25) is 9.49 Å². The largest absolute Gasteiger partial charge is 0.337 e. The molecule has 2 amide bonds. The Labute approximate surface area is 255 Å². The SMILES string of the molecule is O=C1[C@@H](NS(=O)(=O)/C=C/c2ccc(Cl)s2)CCCN1CC(=O)N1CCC[C@@H]1CNS(=O)(=O)c1cnc(Cl)c(Br)c1. The lowest BCUT2D eigenvalue weighted by molar-refractivity contribution is -0.143. The van der Waals surface area contributed by atoms with Gasteiger partial charge in [-0.25, -0.2) is 26.5 Å². The van der Waals surface area contributed by atoms with Gasteiger partial charge in [-0.3, -0.25) is 9.59 Å². The van der Waals surface area contributed by atoms with Crippen LogP contribution in [-0.2, 0) is 29.6 Å². The van der Waals surface area contributed by atoms with E-state index < -0.39 is 38.0 Å². The standard InChI is InChI=1S/C23H26BrCl2N5O6S3/c24-18-11-17(13-27-22(18)26)40(36,37)28-12-15-3-1-9-31(15)21(32)14-30-8-2-4-19(23(30)33)29-39(34,35)10-7-16-5-6-20(25)38-16/h5-7,10-11,13,15,19,28-29H,1-4,8-9,12,14H2/b10-7+/t15-,19+/m1/s1. The first kappa shape index (κ1) is 31.3. The van der Waals surface area contributed by atoms with Crippen LogP contribution in [-0.4, -0.2) is 81.7 Å². The third kappa shape index (κ3) is 8.03. The summed E-state index contributed by atoms with van der Waals surface area (Å²) in [5, 5.41) is 1.12. The second-order valence-electron chi connectivity index (χ2n) is 9.24. The molecule has 0 saturated carbocycles. The summed E-state index contributed by atoms with van der Waals surface area (Å²) in [4.78, 5) is 33.6. The molecule has 0 unspecified atom stereocenters. The van der Waals surface area contributed by atoms with Crippen LogP contribution in [0.3, 0.4) is 0 Å². The molecule has 2 saturated heterocycles. The highest BCUT2D eigenvalue weighted by Crippen LogP contribution is 2.25. The number of aromatic nitrogens is 1. The summed E-state index contributed by atoms with van der Waals surface area (Å²) in [6.07, 6.45) is 4.65. The molecule has 40 heavy (non-hydrogen) atoms. The smallest absolute Gasteiger partial charge is 0.242 e. The van der Waals surface area contributed by atoms with E-state index in [4.69, 9.17) is 23.2 Å². The van der Waals surface area contributed by atoms with Crippen LogP contribution in [0.5, 0.6) is 0 Å². The summed E-state index contributed by atoms with van der Waals surface area (Å²) in [6.45, 7) is 0.509. The van der Waals surface area contributed by atoms with Crippen molar-refractivity contribution in [2.45, 2.75) is 42.7 Å². The fourth-order valence-corrected chi connectivity index (χ4v) is 8.21. The topological polar surface area (TPSA) is 146 Å². The van der Waals surface area contributed by atoms with Gasteiger partial charge in [-0.2, -0.15) is 4.72 Å². The zero-order valence-electron chi connectivity index (χ0n) is 20.9. The first-order chi connectivity index (χ1) is 18.8. The number of nitrogens with one attached hydrogen (secondary N) is 2. The molecule has 0 aromatic carbocycles. The van der Waals surface area contributed by atoms with Crippen LogP contribution < -0.4 is 9.44 Å². The lowest BCUT2D eigenvalue weighted by Crippen LogP contribution is -2.55. The molecule has 2 aromatic rings. The average Bonchev–Trinajstić information content (AvgIpc) is 3.54. The molecular weight excluding hydrogens is 689 g/mol. The number of sulfonamides is 2. The highest BCUT2D eigenvalue weighted by Gasteiger charge is 2.35. The second kappa shape index (κ2) is 13.2. The summed E-state index contributed by atoms with van der Waals surface area (Å²) in [7, 11) is -7.82. The minimum Gasteiger partial charge on any atom is -0.337 e. The van der Waals surface area contributed by atoms with Crippen molar-refractivity contribution in [3.05, 3.63) is 48.6 Å². The molecule has 0 bridgehead atoms. The van der Waals surface area contributed by atoms with Gasteiger partial charge in [-0.05, 0) is 65.9 Å². The molecule has 2 aliphatic rings. The quantitative estimate of drug-likeness (QED) is 0.360. The van der Waals surface area contributed by atoms with E-state index in [1.54, 1.807) is 17.0 Å². The number of piperidine rings is 1. The number of rotatable bonds is 10. The molecule has 2 atom stereocenters. The minimum absolute atomic E-state index is 0.00746. The van der Waals surface area contributed by atoms with Gasteiger partial charge in [0.1, 0.15) is 16.1 Å². The van der Waals surface area contributed by atoms with Crippen molar-refractivity contribution < 1.29 is 26.4 Å². The van der Waals surface area contributed by atoms with Gasteiger partial charge in [-0.15, -0.1) is 11.3 Å². The van der Waals surface area contributed by atoms with E-state index in [0.717, 1.165) is 11.6 Å². The highest BCUT2D eigenvalue weighted by atomic mass is 79.9. The molecule has 0 radical (unpaired) electrons. The maximum absolute atomic E-state index is 13.2. The van der Waals surface area contributed by atoms with E-state index in [-0.39, 0.29) is 29.0 Å². The number of amides is 2. The lowest BCUT2D eigenvalue weighted by Gasteiger charge is -2.34. The van der Waals surface area contributed by atoms with E-state index in [1.807, 2.05) is 0 Å². The van der Waals surface area contributed by atoms with Crippen molar-refractivity contribution in [2.24, 2.45) is 0 Å². The lowest BCUT2D eigenvalue weighted by atomic mass is 10.1. The Morgan fingerprint density at radius 1 is 1.18 bits per heavy atom. The molecule has 11 nitrogen and oxygen atoms in total. The first-order valence-electron chi connectivity index (χ1n) is 12.2. The number of likely N-dealkylation sites (tertiary alicyclic amines) is 2. The van der Waals surface area contributed by atoms with Crippen LogP contribution in [0.15, 0.2) is 39.2 Å². The molecule has 4 heterocycles. The fraction of sp³-hybridized carbons (Fsp3) is 0.435. The fourth-order valence-electron chi connectivity index (χ4n) is 4.49. The Morgan fingerprint density at radius 3 is 2.62 bits per heavy atom. The Balaban J connectivity index is 1.34. The van der Waals surface area contributed by atoms with Crippen molar-refractivity contribution in [1.29, 1.82) is 0 Å². The number of nitrogens with zero attached hydrogens (tertiary/aromatic N) is 3. The van der Waals surface area contributed by atoms with E-state index >= 15 is 0 Å². The average molecular weight is 716 g/mol. The Kier molecular flexibility index (Phi) is 10.3. The van der Waals surface area contributed by atoms with Crippen LogP contribution in [0, 0.1) is 0 Å². The van der Waals surface area contributed by atoms with Gasteiger partial charge in [0, 0.05) is 42.2 Å². The number of thiophene rings is 1. The zero-order valence-corrected chi connectivity index (χ0v) is 26.5. The van der Waals surface area contributed by atoms with Crippen molar-refractivity contribution in [3.63, 3.8) is 0 Å². The van der Waals surface area contributed by atoms with Crippen LogP contribution in [0.4, 0.5) is 0 Å². The summed E-state index contributed by atoms with van der Waals surface area (Å²) in [5.41, 5.74) is 0. The Bertz CT molecular complexity index is 1520.